The molecule has 2 aliphatic heterocycles. The van der Waals surface area contributed by atoms with Gasteiger partial charge >= 0.3 is 0 Å². The number of nitrogens with zero attached hydrogens (tertiary/aromatic N) is 6. The van der Waals surface area contributed by atoms with Crippen molar-refractivity contribution in [3.63, 3.8) is 0 Å². The summed E-state index contributed by atoms with van der Waals surface area (Å²) in [4.78, 5) is 23.7. The summed E-state index contributed by atoms with van der Waals surface area (Å²) in [5.74, 6) is 2.48. The molecule has 4 rings (SSSR count). The summed E-state index contributed by atoms with van der Waals surface area (Å²) in [6.45, 7) is 7.19. The summed E-state index contributed by atoms with van der Waals surface area (Å²) in [6, 6.07) is 0. The maximum absolute atomic E-state index is 4.82. The third kappa shape index (κ3) is 3.66. The highest BCUT2D eigenvalue weighted by Gasteiger charge is 2.19. The van der Waals surface area contributed by atoms with E-state index in [4.69, 9.17) is 15.0 Å². The SMILES string of the molecule is CCCNc1nc(N2CCCCC2)nc2nc(N3CCCCC3)ncc12. The van der Waals surface area contributed by atoms with Gasteiger partial charge in [0.1, 0.15) is 5.82 Å². The Balaban J connectivity index is 1.71. The molecule has 1 N–H and O–H groups in total. The molecule has 4 heterocycles. The maximum Gasteiger partial charge on any atom is 0.229 e. The van der Waals surface area contributed by atoms with Crippen molar-refractivity contribution in [3.05, 3.63) is 6.20 Å². The standard InChI is InChI=1S/C19H29N7/c1-2-9-20-16-15-14-21-18(25-10-5-3-6-11-25)23-17(15)24-19(22-16)26-12-7-4-8-13-26/h14H,2-13H2,1H3,(H,20,21,22,23,24). The van der Waals surface area contributed by atoms with Crippen molar-refractivity contribution in [1.82, 2.24) is 19.9 Å². The molecule has 0 saturated carbocycles. The molecule has 2 aromatic heterocycles. The van der Waals surface area contributed by atoms with Gasteiger partial charge in [-0.15, -0.1) is 0 Å². The summed E-state index contributed by atoms with van der Waals surface area (Å²) in [6.07, 6.45) is 10.4. The Kier molecular flexibility index (Phi) is 5.32. The molecule has 0 spiro atoms. The van der Waals surface area contributed by atoms with Crippen LogP contribution in [0, 0.1) is 0 Å². The highest BCUT2D eigenvalue weighted by atomic mass is 15.3. The van der Waals surface area contributed by atoms with Crippen LogP contribution in [0.5, 0.6) is 0 Å². The molecule has 0 aromatic carbocycles. The van der Waals surface area contributed by atoms with Crippen molar-refractivity contribution in [2.24, 2.45) is 0 Å². The molecule has 2 aromatic rings. The number of hydrogen-bond acceptors (Lipinski definition) is 7. The zero-order chi connectivity index (χ0) is 17.8. The first-order valence-corrected chi connectivity index (χ1v) is 10.1. The number of fused-ring (bicyclic) bond motifs is 1. The minimum atomic E-state index is 0.759. The average Bonchev–Trinajstić information content (AvgIpc) is 2.72. The number of anilines is 3. The van der Waals surface area contributed by atoms with Gasteiger partial charge in [0.05, 0.1) is 5.39 Å². The molecule has 0 aliphatic carbocycles. The molecule has 26 heavy (non-hydrogen) atoms. The van der Waals surface area contributed by atoms with E-state index in [-0.39, 0.29) is 0 Å². The fourth-order valence-corrected chi connectivity index (χ4v) is 3.76. The van der Waals surface area contributed by atoms with E-state index in [9.17, 15) is 0 Å². The van der Waals surface area contributed by atoms with Gasteiger partial charge in [-0.2, -0.15) is 15.0 Å². The number of nitrogens with one attached hydrogen (secondary N) is 1. The van der Waals surface area contributed by atoms with Crippen LogP contribution in [0.15, 0.2) is 6.20 Å². The Hall–Kier alpha value is -2.18. The van der Waals surface area contributed by atoms with Crippen LogP contribution >= 0.6 is 0 Å². The summed E-state index contributed by atoms with van der Waals surface area (Å²) >= 11 is 0. The monoisotopic (exact) mass is 355 g/mol. The Morgan fingerprint density at radius 1 is 0.846 bits per heavy atom. The lowest BCUT2D eigenvalue weighted by molar-refractivity contribution is 0.567. The fourth-order valence-electron chi connectivity index (χ4n) is 3.76. The summed E-state index contributed by atoms with van der Waals surface area (Å²) in [5, 5.41) is 4.36. The lowest BCUT2D eigenvalue weighted by atomic mass is 10.1. The van der Waals surface area contributed by atoms with Crippen molar-refractivity contribution in [2.45, 2.75) is 51.9 Å². The van der Waals surface area contributed by atoms with E-state index >= 15 is 0 Å². The first-order chi connectivity index (χ1) is 12.8. The van der Waals surface area contributed by atoms with Crippen molar-refractivity contribution in [3.8, 4) is 0 Å². The van der Waals surface area contributed by atoms with E-state index in [1.807, 2.05) is 6.20 Å². The fraction of sp³-hybridized carbons (Fsp3) is 0.684. The van der Waals surface area contributed by atoms with E-state index in [0.29, 0.717) is 0 Å². The van der Waals surface area contributed by atoms with E-state index < -0.39 is 0 Å². The number of hydrogen-bond donors (Lipinski definition) is 1. The van der Waals surface area contributed by atoms with Crippen molar-refractivity contribution in [1.29, 1.82) is 0 Å². The van der Waals surface area contributed by atoms with Crippen molar-refractivity contribution < 1.29 is 0 Å². The highest BCUT2D eigenvalue weighted by Crippen LogP contribution is 2.26. The minimum absolute atomic E-state index is 0.759. The molecule has 2 aliphatic rings. The van der Waals surface area contributed by atoms with Gasteiger partial charge in [0.15, 0.2) is 5.65 Å². The largest absolute Gasteiger partial charge is 0.369 e. The molecule has 0 atom stereocenters. The number of aromatic nitrogens is 4. The maximum atomic E-state index is 4.82. The quantitative estimate of drug-likeness (QED) is 0.883. The lowest BCUT2D eigenvalue weighted by Crippen LogP contribution is -2.32. The zero-order valence-corrected chi connectivity index (χ0v) is 15.7. The Bertz CT molecular complexity index is 731. The molecular weight excluding hydrogens is 326 g/mol. The predicted molar refractivity (Wildman–Crippen MR) is 106 cm³/mol. The Morgan fingerprint density at radius 2 is 1.46 bits per heavy atom. The van der Waals surface area contributed by atoms with Crippen LogP contribution in [-0.4, -0.2) is 52.7 Å². The molecule has 140 valence electrons. The predicted octanol–water partition coefficient (Wildman–Crippen LogP) is 3.22. The van der Waals surface area contributed by atoms with Gasteiger partial charge in [-0.25, -0.2) is 4.98 Å². The Labute approximate surface area is 155 Å². The van der Waals surface area contributed by atoms with Crippen LogP contribution < -0.4 is 15.1 Å². The van der Waals surface area contributed by atoms with E-state index in [1.54, 1.807) is 0 Å². The van der Waals surface area contributed by atoms with Crippen LogP contribution in [0.3, 0.4) is 0 Å². The highest BCUT2D eigenvalue weighted by molar-refractivity contribution is 5.87. The zero-order valence-electron chi connectivity index (χ0n) is 15.7. The topological polar surface area (TPSA) is 70.1 Å². The first-order valence-electron chi connectivity index (χ1n) is 10.1. The molecule has 2 fully saturated rings. The molecule has 0 unspecified atom stereocenters. The first kappa shape index (κ1) is 17.2. The van der Waals surface area contributed by atoms with Crippen LogP contribution in [0.4, 0.5) is 17.7 Å². The molecule has 7 heteroatoms. The van der Waals surface area contributed by atoms with E-state index in [0.717, 1.165) is 67.9 Å². The normalized spacial score (nSPS) is 18.3. The third-order valence-electron chi connectivity index (χ3n) is 5.25. The molecule has 7 nitrogen and oxygen atoms in total. The lowest BCUT2D eigenvalue weighted by Gasteiger charge is -2.28. The number of rotatable bonds is 5. The molecular formula is C19H29N7. The second-order valence-electron chi connectivity index (χ2n) is 7.30. The van der Waals surface area contributed by atoms with Crippen LogP contribution in [0.25, 0.3) is 11.0 Å². The van der Waals surface area contributed by atoms with Gasteiger partial charge < -0.3 is 15.1 Å². The summed E-state index contributed by atoms with van der Waals surface area (Å²) < 4.78 is 0. The van der Waals surface area contributed by atoms with Crippen LogP contribution in [0.1, 0.15) is 51.9 Å². The summed E-state index contributed by atoms with van der Waals surface area (Å²) in [5.41, 5.74) is 0.759. The average molecular weight is 355 g/mol. The van der Waals surface area contributed by atoms with Crippen molar-refractivity contribution in [2.75, 3.05) is 47.8 Å². The van der Waals surface area contributed by atoms with Crippen molar-refractivity contribution >= 4 is 28.7 Å². The van der Waals surface area contributed by atoms with Crippen LogP contribution in [-0.2, 0) is 0 Å². The van der Waals surface area contributed by atoms with Gasteiger partial charge in [0.2, 0.25) is 11.9 Å². The van der Waals surface area contributed by atoms with Gasteiger partial charge in [-0.1, -0.05) is 6.92 Å². The molecule has 0 radical (unpaired) electrons. The molecule has 0 bridgehead atoms. The molecule has 2 saturated heterocycles. The second-order valence-corrected chi connectivity index (χ2v) is 7.30. The smallest absolute Gasteiger partial charge is 0.229 e. The Morgan fingerprint density at radius 3 is 2.12 bits per heavy atom. The second kappa shape index (κ2) is 8.01. The van der Waals surface area contributed by atoms with E-state index in [2.05, 4.69) is 27.0 Å². The third-order valence-corrected chi connectivity index (χ3v) is 5.25. The van der Waals surface area contributed by atoms with Gasteiger partial charge in [0, 0.05) is 38.9 Å². The van der Waals surface area contributed by atoms with Gasteiger partial charge in [0.25, 0.3) is 0 Å². The number of piperidine rings is 2. The minimum Gasteiger partial charge on any atom is -0.369 e. The summed E-state index contributed by atoms with van der Waals surface area (Å²) in [7, 11) is 0. The molecule has 0 amide bonds. The van der Waals surface area contributed by atoms with Crippen LogP contribution in [0.2, 0.25) is 0 Å². The van der Waals surface area contributed by atoms with Gasteiger partial charge in [-0.05, 0) is 44.9 Å². The van der Waals surface area contributed by atoms with E-state index in [1.165, 1.54) is 38.5 Å². The van der Waals surface area contributed by atoms with Gasteiger partial charge in [-0.3, -0.25) is 0 Å².